The van der Waals surface area contributed by atoms with Crippen molar-refractivity contribution < 1.29 is 17.6 Å². The van der Waals surface area contributed by atoms with Gasteiger partial charge in [0.2, 0.25) is 15.9 Å². The van der Waals surface area contributed by atoms with Crippen molar-refractivity contribution in [2.75, 3.05) is 6.54 Å². The summed E-state index contributed by atoms with van der Waals surface area (Å²) in [6.07, 6.45) is 1.66. The summed E-state index contributed by atoms with van der Waals surface area (Å²) >= 11 is 0. The first kappa shape index (κ1) is 23.6. The molecule has 1 atom stereocenters. The Morgan fingerprint density at radius 3 is 2.50 bits per heavy atom. The van der Waals surface area contributed by atoms with Crippen LogP contribution in [0.25, 0.3) is 5.69 Å². The number of aromatic nitrogens is 2. The normalized spacial score (nSPS) is 12.5. The third-order valence-electron chi connectivity index (χ3n) is 5.24. The van der Waals surface area contributed by atoms with E-state index in [1.165, 1.54) is 12.1 Å². The molecule has 0 saturated heterocycles. The van der Waals surface area contributed by atoms with Gasteiger partial charge in [0.15, 0.2) is 0 Å². The number of aryl methyl sites for hydroxylation is 2. The minimum atomic E-state index is -3.70. The van der Waals surface area contributed by atoms with Crippen LogP contribution >= 0.6 is 0 Å². The van der Waals surface area contributed by atoms with Crippen LogP contribution in [0.4, 0.5) is 4.39 Å². The lowest BCUT2D eigenvalue weighted by atomic mass is 10.1. The molecule has 0 fully saturated rings. The molecule has 0 radical (unpaired) electrons. The number of sulfonamides is 1. The van der Waals surface area contributed by atoms with E-state index in [-0.39, 0.29) is 35.6 Å². The van der Waals surface area contributed by atoms with Crippen LogP contribution in [0.3, 0.4) is 0 Å². The number of nitrogens with one attached hydrogen (secondary N) is 2. The van der Waals surface area contributed by atoms with E-state index in [2.05, 4.69) is 15.1 Å². The maximum absolute atomic E-state index is 13.2. The molecule has 7 nitrogen and oxygen atoms in total. The molecule has 1 amide bonds. The zero-order chi connectivity index (χ0) is 23.5. The lowest BCUT2D eigenvalue weighted by Gasteiger charge is -2.15. The summed E-state index contributed by atoms with van der Waals surface area (Å²) in [5.41, 5.74) is 3.85. The monoisotopic (exact) mass is 458 g/mol. The summed E-state index contributed by atoms with van der Waals surface area (Å²) in [5, 5.41) is 7.21. The Morgan fingerprint density at radius 2 is 1.81 bits per heavy atom. The fourth-order valence-electron chi connectivity index (χ4n) is 3.45. The summed E-state index contributed by atoms with van der Waals surface area (Å²) in [5.74, 6) is -0.609. The standard InChI is InChI=1S/C23H27FN4O3S/c1-15-5-6-16(2)22(13-15)32(30,31)26-12-11-23(29)27-17(3)21-14-25-28(18(21)4)20-9-7-19(24)8-10-20/h5-10,13-14,17,26H,11-12H2,1-4H3,(H,27,29). The first-order valence-electron chi connectivity index (χ1n) is 10.2. The van der Waals surface area contributed by atoms with E-state index in [1.807, 2.05) is 26.8 Å². The molecule has 0 saturated carbocycles. The van der Waals surface area contributed by atoms with Gasteiger partial charge in [-0.15, -0.1) is 0 Å². The minimum Gasteiger partial charge on any atom is -0.349 e. The number of carbonyl (C=O) groups excluding carboxylic acids is 1. The summed E-state index contributed by atoms with van der Waals surface area (Å²) in [6, 6.07) is 10.9. The topological polar surface area (TPSA) is 93.1 Å². The number of benzene rings is 2. The van der Waals surface area contributed by atoms with Gasteiger partial charge in [-0.1, -0.05) is 12.1 Å². The molecule has 170 valence electrons. The number of rotatable bonds is 8. The van der Waals surface area contributed by atoms with E-state index < -0.39 is 10.0 Å². The summed E-state index contributed by atoms with van der Waals surface area (Å²) < 4.78 is 42.5. The molecule has 3 rings (SSSR count). The maximum atomic E-state index is 13.2. The number of hydrogen-bond donors (Lipinski definition) is 2. The van der Waals surface area contributed by atoms with Gasteiger partial charge >= 0.3 is 0 Å². The van der Waals surface area contributed by atoms with E-state index in [0.29, 0.717) is 5.56 Å². The zero-order valence-corrected chi connectivity index (χ0v) is 19.3. The highest BCUT2D eigenvalue weighted by Crippen LogP contribution is 2.21. The molecule has 3 aromatic rings. The number of amides is 1. The summed E-state index contributed by atoms with van der Waals surface area (Å²) in [7, 11) is -3.70. The second-order valence-electron chi connectivity index (χ2n) is 7.78. The third kappa shape index (κ3) is 5.41. The molecule has 1 unspecified atom stereocenters. The molecule has 0 bridgehead atoms. The van der Waals surface area contributed by atoms with Crippen molar-refractivity contribution in [2.45, 2.75) is 45.1 Å². The van der Waals surface area contributed by atoms with Crippen molar-refractivity contribution >= 4 is 15.9 Å². The average molecular weight is 459 g/mol. The average Bonchev–Trinajstić information content (AvgIpc) is 3.11. The molecule has 0 aliphatic rings. The Kier molecular flexibility index (Phi) is 7.10. The van der Waals surface area contributed by atoms with Gasteiger partial charge in [0.25, 0.3) is 0 Å². The van der Waals surface area contributed by atoms with E-state index in [1.54, 1.807) is 42.1 Å². The molecule has 2 aromatic carbocycles. The van der Waals surface area contributed by atoms with Crippen molar-refractivity contribution in [1.29, 1.82) is 0 Å². The molecule has 1 heterocycles. The van der Waals surface area contributed by atoms with E-state index in [0.717, 1.165) is 22.5 Å². The Hall–Kier alpha value is -3.04. The highest BCUT2D eigenvalue weighted by atomic mass is 32.2. The third-order valence-corrected chi connectivity index (χ3v) is 6.84. The van der Waals surface area contributed by atoms with Gasteiger partial charge < -0.3 is 5.32 Å². The van der Waals surface area contributed by atoms with Crippen molar-refractivity contribution in [3.05, 3.63) is 76.9 Å². The van der Waals surface area contributed by atoms with Crippen LogP contribution in [0.1, 0.15) is 41.8 Å². The van der Waals surface area contributed by atoms with Gasteiger partial charge in [0.1, 0.15) is 5.82 Å². The Balaban J connectivity index is 1.58. The van der Waals surface area contributed by atoms with Gasteiger partial charge in [-0.25, -0.2) is 22.2 Å². The number of nitrogens with zero attached hydrogens (tertiary/aromatic N) is 2. The molecule has 2 N–H and O–H groups in total. The van der Waals surface area contributed by atoms with Crippen LogP contribution in [0.5, 0.6) is 0 Å². The van der Waals surface area contributed by atoms with Crippen LogP contribution in [-0.2, 0) is 14.8 Å². The molecule has 0 aliphatic heterocycles. The lowest BCUT2D eigenvalue weighted by molar-refractivity contribution is -0.121. The van der Waals surface area contributed by atoms with Crippen LogP contribution in [0, 0.1) is 26.6 Å². The molecular weight excluding hydrogens is 431 g/mol. The Bertz CT molecular complexity index is 1220. The maximum Gasteiger partial charge on any atom is 0.240 e. The SMILES string of the molecule is Cc1ccc(C)c(S(=O)(=O)NCCC(=O)NC(C)c2cnn(-c3ccc(F)cc3)c2C)c1. The highest BCUT2D eigenvalue weighted by molar-refractivity contribution is 7.89. The van der Waals surface area contributed by atoms with Gasteiger partial charge in [-0.2, -0.15) is 5.10 Å². The van der Waals surface area contributed by atoms with Crippen LogP contribution in [-0.4, -0.2) is 30.7 Å². The van der Waals surface area contributed by atoms with E-state index in [9.17, 15) is 17.6 Å². The minimum absolute atomic E-state index is 0.000416. The first-order valence-corrected chi connectivity index (χ1v) is 11.7. The van der Waals surface area contributed by atoms with E-state index in [4.69, 9.17) is 0 Å². The predicted octanol–water partition coefficient (Wildman–Crippen LogP) is 3.48. The Labute approximate surface area is 187 Å². The summed E-state index contributed by atoms with van der Waals surface area (Å²) in [4.78, 5) is 12.6. The molecule has 0 spiro atoms. The number of hydrogen-bond acceptors (Lipinski definition) is 4. The second kappa shape index (κ2) is 9.62. The largest absolute Gasteiger partial charge is 0.349 e. The fourth-order valence-corrected chi connectivity index (χ4v) is 4.81. The lowest BCUT2D eigenvalue weighted by Crippen LogP contribution is -2.32. The van der Waals surface area contributed by atoms with Crippen LogP contribution < -0.4 is 10.0 Å². The number of halogens is 1. The summed E-state index contributed by atoms with van der Waals surface area (Å²) in [6.45, 7) is 7.25. The van der Waals surface area contributed by atoms with Crippen molar-refractivity contribution in [1.82, 2.24) is 19.8 Å². The smallest absolute Gasteiger partial charge is 0.240 e. The molecule has 0 aliphatic carbocycles. The second-order valence-corrected chi connectivity index (χ2v) is 9.51. The van der Waals surface area contributed by atoms with Crippen molar-refractivity contribution in [3.8, 4) is 5.69 Å². The van der Waals surface area contributed by atoms with Crippen molar-refractivity contribution in [3.63, 3.8) is 0 Å². The zero-order valence-electron chi connectivity index (χ0n) is 18.5. The van der Waals surface area contributed by atoms with Crippen molar-refractivity contribution in [2.24, 2.45) is 0 Å². The fraction of sp³-hybridized carbons (Fsp3) is 0.304. The van der Waals surface area contributed by atoms with Gasteiger partial charge in [-0.05, 0) is 69.2 Å². The molecule has 32 heavy (non-hydrogen) atoms. The number of carbonyl (C=O) groups is 1. The van der Waals surface area contributed by atoms with Crippen LogP contribution in [0.2, 0.25) is 0 Å². The van der Waals surface area contributed by atoms with Gasteiger partial charge in [-0.3, -0.25) is 4.79 Å². The van der Waals surface area contributed by atoms with E-state index >= 15 is 0 Å². The van der Waals surface area contributed by atoms with Gasteiger partial charge in [0.05, 0.1) is 22.8 Å². The van der Waals surface area contributed by atoms with Gasteiger partial charge in [0, 0.05) is 24.2 Å². The molecule has 1 aromatic heterocycles. The quantitative estimate of drug-likeness (QED) is 0.541. The first-order chi connectivity index (χ1) is 15.1. The predicted molar refractivity (Wildman–Crippen MR) is 121 cm³/mol. The molecular formula is C23H27FN4O3S. The highest BCUT2D eigenvalue weighted by Gasteiger charge is 2.19. The molecule has 9 heteroatoms. The van der Waals surface area contributed by atoms with Crippen LogP contribution in [0.15, 0.2) is 53.6 Å². The Morgan fingerprint density at radius 1 is 1.12 bits per heavy atom.